The first-order valence-electron chi connectivity index (χ1n) is 4.89. The molecule has 0 aliphatic rings. The molecule has 0 aromatic carbocycles. The second kappa shape index (κ2) is 3.69. The third-order valence-electron chi connectivity index (χ3n) is 3.13. The van der Waals surface area contributed by atoms with Gasteiger partial charge in [-0.05, 0) is 17.8 Å². The molecule has 0 aromatic rings. The first kappa shape index (κ1) is 12.5. The number of hydrogen-bond acceptors (Lipinski definition) is 1. The van der Waals surface area contributed by atoms with Gasteiger partial charge in [0.1, 0.15) is 0 Å². The van der Waals surface area contributed by atoms with Crippen molar-refractivity contribution in [2.45, 2.75) is 48.0 Å². The molecule has 0 fully saturated rings. The van der Waals surface area contributed by atoms with Crippen LogP contribution in [-0.4, -0.2) is 5.91 Å². The highest BCUT2D eigenvalue weighted by atomic mass is 16.1. The van der Waals surface area contributed by atoms with Crippen molar-refractivity contribution in [3.8, 4) is 0 Å². The molecule has 0 heterocycles. The SMILES string of the molecule is CC(C)C(C)(C)CC(C)(C)C(N)=O. The normalized spacial score (nSPS) is 13.5. The fourth-order valence-corrected chi connectivity index (χ4v) is 1.43. The first-order valence-corrected chi connectivity index (χ1v) is 4.89. The fraction of sp³-hybridized carbons (Fsp3) is 0.909. The minimum Gasteiger partial charge on any atom is -0.369 e. The lowest BCUT2D eigenvalue weighted by atomic mass is 9.69. The smallest absolute Gasteiger partial charge is 0.223 e. The van der Waals surface area contributed by atoms with Crippen molar-refractivity contribution < 1.29 is 4.79 Å². The summed E-state index contributed by atoms with van der Waals surface area (Å²) in [6.45, 7) is 12.6. The lowest BCUT2D eigenvalue weighted by Crippen LogP contribution is -2.37. The number of amides is 1. The summed E-state index contributed by atoms with van der Waals surface area (Å²) in [4.78, 5) is 11.1. The molecule has 0 saturated heterocycles. The van der Waals surface area contributed by atoms with E-state index in [1.165, 1.54) is 0 Å². The van der Waals surface area contributed by atoms with Gasteiger partial charge in [0.05, 0.1) is 0 Å². The van der Waals surface area contributed by atoms with Crippen LogP contribution in [0.5, 0.6) is 0 Å². The monoisotopic (exact) mass is 185 g/mol. The Labute approximate surface area is 81.9 Å². The maximum absolute atomic E-state index is 11.1. The number of carbonyl (C=O) groups is 1. The van der Waals surface area contributed by atoms with E-state index in [1.54, 1.807) is 0 Å². The number of nitrogens with two attached hydrogens (primary N) is 1. The highest BCUT2D eigenvalue weighted by Gasteiger charge is 2.34. The second-order valence-electron chi connectivity index (χ2n) is 5.57. The Hall–Kier alpha value is -0.530. The molecule has 0 spiro atoms. The third kappa shape index (κ3) is 3.37. The van der Waals surface area contributed by atoms with Crippen LogP contribution in [0.2, 0.25) is 0 Å². The molecular formula is C11H23NO. The van der Waals surface area contributed by atoms with Crippen molar-refractivity contribution >= 4 is 5.91 Å². The standard InChI is InChI=1S/C11H23NO/c1-8(2)10(3,4)7-11(5,6)9(12)13/h8H,7H2,1-6H3,(H2,12,13). The van der Waals surface area contributed by atoms with E-state index in [1.807, 2.05) is 13.8 Å². The van der Waals surface area contributed by atoms with E-state index < -0.39 is 5.41 Å². The van der Waals surface area contributed by atoms with E-state index in [0.29, 0.717) is 5.92 Å². The Balaban J connectivity index is 4.52. The maximum Gasteiger partial charge on any atom is 0.223 e. The van der Waals surface area contributed by atoms with Crippen molar-refractivity contribution in [3.63, 3.8) is 0 Å². The minimum absolute atomic E-state index is 0.165. The highest BCUT2D eigenvalue weighted by molar-refractivity contribution is 5.79. The Morgan fingerprint density at radius 2 is 1.62 bits per heavy atom. The van der Waals surface area contributed by atoms with Crippen LogP contribution in [0.1, 0.15) is 48.0 Å². The zero-order valence-corrected chi connectivity index (χ0v) is 9.77. The Bertz CT molecular complexity index is 192. The Kier molecular flexibility index (Phi) is 3.54. The molecule has 0 aliphatic carbocycles. The van der Waals surface area contributed by atoms with E-state index in [0.717, 1.165) is 6.42 Å². The molecule has 13 heavy (non-hydrogen) atoms. The van der Waals surface area contributed by atoms with E-state index >= 15 is 0 Å². The van der Waals surface area contributed by atoms with Gasteiger partial charge >= 0.3 is 0 Å². The van der Waals surface area contributed by atoms with Crippen molar-refractivity contribution in [1.29, 1.82) is 0 Å². The predicted octanol–water partition coefficient (Wildman–Crippen LogP) is 2.57. The number of primary amides is 1. The van der Waals surface area contributed by atoms with Crippen LogP contribution in [-0.2, 0) is 4.79 Å². The Morgan fingerprint density at radius 3 is 1.85 bits per heavy atom. The minimum atomic E-state index is -0.395. The van der Waals surface area contributed by atoms with Crippen LogP contribution in [0.3, 0.4) is 0 Å². The van der Waals surface area contributed by atoms with Crippen molar-refractivity contribution in [2.75, 3.05) is 0 Å². The second-order valence-corrected chi connectivity index (χ2v) is 5.57. The van der Waals surface area contributed by atoms with Gasteiger partial charge in [0.15, 0.2) is 0 Å². The summed E-state index contributed by atoms with van der Waals surface area (Å²) in [7, 11) is 0. The van der Waals surface area contributed by atoms with Gasteiger partial charge in [0.2, 0.25) is 5.91 Å². The number of carbonyl (C=O) groups excluding carboxylic acids is 1. The molecule has 2 heteroatoms. The van der Waals surface area contributed by atoms with E-state index in [2.05, 4.69) is 27.7 Å². The van der Waals surface area contributed by atoms with Crippen LogP contribution in [0.4, 0.5) is 0 Å². The summed E-state index contributed by atoms with van der Waals surface area (Å²) < 4.78 is 0. The van der Waals surface area contributed by atoms with Crippen LogP contribution in [0, 0.1) is 16.7 Å². The van der Waals surface area contributed by atoms with Gasteiger partial charge in [0, 0.05) is 5.41 Å². The van der Waals surface area contributed by atoms with Crippen LogP contribution < -0.4 is 5.73 Å². The number of rotatable bonds is 4. The molecule has 0 atom stereocenters. The van der Waals surface area contributed by atoms with Gasteiger partial charge < -0.3 is 5.73 Å². The first-order chi connectivity index (χ1) is 5.59. The van der Waals surface area contributed by atoms with Gasteiger partial charge in [0.25, 0.3) is 0 Å². The van der Waals surface area contributed by atoms with Gasteiger partial charge in [-0.2, -0.15) is 0 Å². The zero-order valence-electron chi connectivity index (χ0n) is 9.77. The highest BCUT2D eigenvalue weighted by Crippen LogP contribution is 2.38. The molecule has 2 N–H and O–H groups in total. The van der Waals surface area contributed by atoms with E-state index in [-0.39, 0.29) is 11.3 Å². The largest absolute Gasteiger partial charge is 0.369 e. The van der Waals surface area contributed by atoms with E-state index in [4.69, 9.17) is 5.73 Å². The predicted molar refractivity (Wildman–Crippen MR) is 56.2 cm³/mol. The average Bonchev–Trinajstić information content (AvgIpc) is 1.83. The lowest BCUT2D eigenvalue weighted by molar-refractivity contribution is -0.127. The van der Waals surface area contributed by atoms with Crippen LogP contribution in [0.25, 0.3) is 0 Å². The molecule has 0 bridgehead atoms. The molecule has 1 amide bonds. The summed E-state index contributed by atoms with van der Waals surface area (Å²) in [6, 6.07) is 0. The molecule has 0 rings (SSSR count). The summed E-state index contributed by atoms with van der Waals surface area (Å²) in [5.74, 6) is 0.354. The molecule has 0 saturated carbocycles. The lowest BCUT2D eigenvalue weighted by Gasteiger charge is -2.36. The topological polar surface area (TPSA) is 43.1 Å². The third-order valence-corrected chi connectivity index (χ3v) is 3.13. The van der Waals surface area contributed by atoms with Crippen LogP contribution in [0.15, 0.2) is 0 Å². The van der Waals surface area contributed by atoms with Crippen LogP contribution >= 0.6 is 0 Å². The molecule has 0 radical (unpaired) electrons. The zero-order chi connectivity index (χ0) is 10.9. The quantitative estimate of drug-likeness (QED) is 0.718. The van der Waals surface area contributed by atoms with Gasteiger partial charge in [-0.1, -0.05) is 41.5 Å². The average molecular weight is 185 g/mol. The summed E-state index contributed by atoms with van der Waals surface area (Å²) in [6.07, 6.45) is 0.840. The van der Waals surface area contributed by atoms with Crippen molar-refractivity contribution in [3.05, 3.63) is 0 Å². The Morgan fingerprint density at radius 1 is 1.23 bits per heavy atom. The van der Waals surface area contributed by atoms with Crippen molar-refractivity contribution in [2.24, 2.45) is 22.5 Å². The number of hydrogen-bond donors (Lipinski definition) is 1. The molecular weight excluding hydrogens is 162 g/mol. The van der Waals surface area contributed by atoms with Crippen molar-refractivity contribution in [1.82, 2.24) is 0 Å². The summed E-state index contributed by atoms with van der Waals surface area (Å²) in [5, 5.41) is 0. The van der Waals surface area contributed by atoms with Gasteiger partial charge in [-0.15, -0.1) is 0 Å². The fourth-order valence-electron chi connectivity index (χ4n) is 1.43. The molecule has 78 valence electrons. The van der Waals surface area contributed by atoms with Gasteiger partial charge in [-0.3, -0.25) is 4.79 Å². The van der Waals surface area contributed by atoms with Gasteiger partial charge in [-0.25, -0.2) is 0 Å². The van der Waals surface area contributed by atoms with E-state index in [9.17, 15) is 4.79 Å². The molecule has 0 aliphatic heterocycles. The summed E-state index contributed by atoms with van der Waals surface area (Å²) in [5.41, 5.74) is 5.11. The molecule has 2 nitrogen and oxygen atoms in total. The molecule has 0 unspecified atom stereocenters. The summed E-state index contributed by atoms with van der Waals surface area (Å²) >= 11 is 0. The molecule has 0 aromatic heterocycles. The maximum atomic E-state index is 11.1.